The number of methoxy groups -OCH3 is 1. The van der Waals surface area contributed by atoms with Crippen molar-refractivity contribution in [2.45, 2.75) is 13.8 Å². The first-order valence-electron chi connectivity index (χ1n) is 5.66. The van der Waals surface area contributed by atoms with Gasteiger partial charge in [-0.2, -0.15) is 0 Å². The zero-order valence-corrected chi connectivity index (χ0v) is 11.5. The topological polar surface area (TPSA) is 38.8 Å². The lowest BCUT2D eigenvalue weighted by molar-refractivity contribution is -0.129. The molecule has 0 fully saturated rings. The summed E-state index contributed by atoms with van der Waals surface area (Å²) in [7, 11) is 5.38. The molecule has 0 N–H and O–H groups in total. The van der Waals surface area contributed by atoms with Crippen LogP contribution in [0.25, 0.3) is 0 Å². The maximum absolute atomic E-state index is 11.6. The van der Waals surface area contributed by atoms with Crippen molar-refractivity contribution in [3.63, 3.8) is 0 Å². The molecule has 1 aromatic rings. The predicted octanol–water partition coefficient (Wildman–Crippen LogP) is 2.63. The lowest BCUT2D eigenvalue weighted by Gasteiger charge is -2.15. The van der Waals surface area contributed by atoms with Gasteiger partial charge >= 0.3 is 5.97 Å². The van der Waals surface area contributed by atoms with Gasteiger partial charge in [-0.1, -0.05) is 5.57 Å². The van der Waals surface area contributed by atoms with Crippen LogP contribution in [0.1, 0.15) is 13.8 Å². The first-order valence-corrected chi connectivity index (χ1v) is 5.66. The number of allylic oxidation sites excluding steroid dienone is 1. The fourth-order valence-corrected chi connectivity index (χ4v) is 1.40. The number of nitrogens with zero attached hydrogens (tertiary/aromatic N) is 1. The van der Waals surface area contributed by atoms with E-state index in [9.17, 15) is 4.79 Å². The molecule has 0 aliphatic carbocycles. The quantitative estimate of drug-likeness (QED) is 0.467. The van der Waals surface area contributed by atoms with Crippen molar-refractivity contribution in [2.75, 3.05) is 26.1 Å². The molecular weight excluding hydrogens is 230 g/mol. The van der Waals surface area contributed by atoms with Crippen molar-refractivity contribution in [1.82, 2.24) is 0 Å². The van der Waals surface area contributed by atoms with Gasteiger partial charge in [0.1, 0.15) is 0 Å². The first kappa shape index (κ1) is 14.1. The van der Waals surface area contributed by atoms with Gasteiger partial charge in [0.2, 0.25) is 0 Å². The van der Waals surface area contributed by atoms with Gasteiger partial charge in [-0.25, -0.2) is 4.79 Å². The lowest BCUT2D eigenvalue weighted by Crippen LogP contribution is -2.10. The monoisotopic (exact) mass is 249 g/mol. The van der Waals surface area contributed by atoms with Crippen LogP contribution < -0.4 is 14.4 Å². The molecule has 0 aromatic heterocycles. The zero-order chi connectivity index (χ0) is 13.7. The second-order valence-corrected chi connectivity index (χ2v) is 4.37. The standard InChI is InChI=1S/C14H19NO3/c1-10(2)8-14(16)18-13-9-11(15(3)4)6-7-12(13)17-5/h6-9H,1-5H3. The summed E-state index contributed by atoms with van der Waals surface area (Å²) in [5.74, 6) is 0.562. The Morgan fingerprint density at radius 1 is 1.22 bits per heavy atom. The van der Waals surface area contributed by atoms with Gasteiger partial charge in [-0.15, -0.1) is 0 Å². The summed E-state index contributed by atoms with van der Waals surface area (Å²) in [6.45, 7) is 3.68. The van der Waals surface area contributed by atoms with E-state index in [2.05, 4.69) is 0 Å². The van der Waals surface area contributed by atoms with Crippen molar-refractivity contribution in [2.24, 2.45) is 0 Å². The normalized spacial score (nSPS) is 9.61. The highest BCUT2D eigenvalue weighted by atomic mass is 16.6. The highest BCUT2D eigenvalue weighted by Crippen LogP contribution is 2.31. The SMILES string of the molecule is COc1ccc(N(C)C)cc1OC(=O)C=C(C)C. The Balaban J connectivity index is 3.01. The number of rotatable bonds is 4. The summed E-state index contributed by atoms with van der Waals surface area (Å²) in [5, 5.41) is 0. The molecule has 18 heavy (non-hydrogen) atoms. The predicted molar refractivity (Wildman–Crippen MR) is 72.4 cm³/mol. The molecule has 0 aliphatic rings. The molecule has 0 amide bonds. The molecular formula is C14H19NO3. The van der Waals surface area contributed by atoms with E-state index < -0.39 is 5.97 Å². The number of anilines is 1. The van der Waals surface area contributed by atoms with Gasteiger partial charge < -0.3 is 14.4 Å². The second kappa shape index (κ2) is 6.10. The molecule has 4 nitrogen and oxygen atoms in total. The Kier molecular flexibility index (Phi) is 4.77. The highest BCUT2D eigenvalue weighted by Gasteiger charge is 2.10. The van der Waals surface area contributed by atoms with E-state index in [4.69, 9.17) is 9.47 Å². The molecule has 1 rings (SSSR count). The Labute approximate surface area is 108 Å². The summed E-state index contributed by atoms with van der Waals surface area (Å²) in [6.07, 6.45) is 1.45. The largest absolute Gasteiger partial charge is 0.493 e. The minimum absolute atomic E-state index is 0.399. The molecule has 0 atom stereocenters. The fourth-order valence-electron chi connectivity index (χ4n) is 1.40. The Morgan fingerprint density at radius 2 is 1.89 bits per heavy atom. The van der Waals surface area contributed by atoms with Crippen molar-refractivity contribution >= 4 is 11.7 Å². The van der Waals surface area contributed by atoms with Crippen LogP contribution in [0.2, 0.25) is 0 Å². The summed E-state index contributed by atoms with van der Waals surface area (Å²) in [6, 6.07) is 5.45. The smallest absolute Gasteiger partial charge is 0.336 e. The van der Waals surface area contributed by atoms with Crippen molar-refractivity contribution in [1.29, 1.82) is 0 Å². The van der Waals surface area contributed by atoms with Crippen LogP contribution in [0.3, 0.4) is 0 Å². The van der Waals surface area contributed by atoms with Crippen LogP contribution >= 0.6 is 0 Å². The number of benzene rings is 1. The number of hydrogen-bond donors (Lipinski definition) is 0. The maximum atomic E-state index is 11.6. The van der Waals surface area contributed by atoms with Crippen molar-refractivity contribution in [3.05, 3.63) is 29.8 Å². The van der Waals surface area contributed by atoms with Gasteiger partial charge in [0, 0.05) is 31.9 Å². The van der Waals surface area contributed by atoms with E-state index in [0.29, 0.717) is 11.5 Å². The fraction of sp³-hybridized carbons (Fsp3) is 0.357. The average Bonchev–Trinajstić information content (AvgIpc) is 2.27. The summed E-state index contributed by atoms with van der Waals surface area (Å²) in [4.78, 5) is 13.5. The van der Waals surface area contributed by atoms with E-state index in [1.807, 2.05) is 38.9 Å². The minimum atomic E-state index is -0.399. The summed E-state index contributed by atoms with van der Waals surface area (Å²) >= 11 is 0. The molecule has 0 aliphatic heterocycles. The average molecular weight is 249 g/mol. The molecule has 0 saturated carbocycles. The number of carbonyl (C=O) groups is 1. The van der Waals surface area contributed by atoms with Crippen molar-refractivity contribution < 1.29 is 14.3 Å². The molecule has 1 aromatic carbocycles. The van der Waals surface area contributed by atoms with Crippen LogP contribution in [-0.2, 0) is 4.79 Å². The number of esters is 1. The molecule has 0 spiro atoms. The van der Waals surface area contributed by atoms with Crippen LogP contribution in [0, 0.1) is 0 Å². The third-order valence-electron chi connectivity index (χ3n) is 2.28. The molecule has 0 radical (unpaired) electrons. The molecule has 0 heterocycles. The van der Waals surface area contributed by atoms with Gasteiger partial charge in [0.05, 0.1) is 7.11 Å². The zero-order valence-electron chi connectivity index (χ0n) is 11.5. The first-order chi connectivity index (χ1) is 8.43. The number of ether oxygens (including phenoxy) is 2. The van der Waals surface area contributed by atoms with Crippen LogP contribution in [0.15, 0.2) is 29.8 Å². The Morgan fingerprint density at radius 3 is 2.39 bits per heavy atom. The third-order valence-corrected chi connectivity index (χ3v) is 2.28. The molecule has 4 heteroatoms. The Bertz CT molecular complexity index is 460. The minimum Gasteiger partial charge on any atom is -0.493 e. The van der Waals surface area contributed by atoms with E-state index in [1.54, 1.807) is 19.2 Å². The van der Waals surface area contributed by atoms with Crippen LogP contribution in [0.4, 0.5) is 5.69 Å². The molecule has 0 unspecified atom stereocenters. The van der Waals surface area contributed by atoms with Crippen LogP contribution in [-0.4, -0.2) is 27.2 Å². The van der Waals surface area contributed by atoms with E-state index >= 15 is 0 Å². The van der Waals surface area contributed by atoms with Gasteiger partial charge in [0.25, 0.3) is 0 Å². The van der Waals surface area contributed by atoms with Gasteiger partial charge in [0.15, 0.2) is 11.5 Å². The lowest BCUT2D eigenvalue weighted by atomic mass is 10.2. The summed E-state index contributed by atoms with van der Waals surface area (Å²) in [5.41, 5.74) is 1.83. The van der Waals surface area contributed by atoms with Gasteiger partial charge in [-0.05, 0) is 26.0 Å². The third kappa shape index (κ3) is 3.80. The van der Waals surface area contributed by atoms with Gasteiger partial charge in [-0.3, -0.25) is 0 Å². The maximum Gasteiger partial charge on any atom is 0.336 e. The van der Waals surface area contributed by atoms with Crippen LogP contribution in [0.5, 0.6) is 11.5 Å². The van der Waals surface area contributed by atoms with E-state index in [0.717, 1.165) is 11.3 Å². The highest BCUT2D eigenvalue weighted by molar-refractivity contribution is 5.85. The summed E-state index contributed by atoms with van der Waals surface area (Å²) < 4.78 is 10.4. The molecule has 98 valence electrons. The molecule has 0 bridgehead atoms. The van der Waals surface area contributed by atoms with E-state index in [1.165, 1.54) is 6.08 Å². The van der Waals surface area contributed by atoms with E-state index in [-0.39, 0.29) is 0 Å². The number of carbonyl (C=O) groups excluding carboxylic acids is 1. The van der Waals surface area contributed by atoms with Crippen molar-refractivity contribution in [3.8, 4) is 11.5 Å². The Hall–Kier alpha value is -1.97. The second-order valence-electron chi connectivity index (χ2n) is 4.37. The number of hydrogen-bond acceptors (Lipinski definition) is 4. The molecule has 0 saturated heterocycles.